The van der Waals surface area contributed by atoms with Crippen molar-refractivity contribution < 1.29 is 0 Å². The van der Waals surface area contributed by atoms with Gasteiger partial charge in [-0.05, 0) is 43.5 Å². The van der Waals surface area contributed by atoms with E-state index in [9.17, 15) is 0 Å². The second-order valence-corrected chi connectivity index (χ2v) is 4.68. The second-order valence-electron chi connectivity index (χ2n) is 4.68. The summed E-state index contributed by atoms with van der Waals surface area (Å²) in [6.45, 7) is 7.30. The van der Waals surface area contributed by atoms with Gasteiger partial charge in [0.1, 0.15) is 0 Å². The first-order valence-corrected chi connectivity index (χ1v) is 6.18. The Hall–Kier alpha value is -0.860. The molecule has 0 aliphatic heterocycles. The summed E-state index contributed by atoms with van der Waals surface area (Å²) >= 11 is 0. The van der Waals surface area contributed by atoms with E-state index in [1.807, 2.05) is 0 Å². The van der Waals surface area contributed by atoms with Crippen molar-refractivity contribution in [3.63, 3.8) is 0 Å². The summed E-state index contributed by atoms with van der Waals surface area (Å²) in [6.07, 6.45) is 1.09. The number of hydrogen-bond acceptors (Lipinski definition) is 2. The quantitative estimate of drug-likeness (QED) is 0.690. The van der Waals surface area contributed by atoms with Crippen LogP contribution in [0.5, 0.6) is 0 Å². The maximum Gasteiger partial charge on any atom is -0.000588 e. The molecule has 1 aromatic rings. The van der Waals surface area contributed by atoms with E-state index in [1.165, 1.54) is 5.56 Å². The van der Waals surface area contributed by atoms with Gasteiger partial charge in [-0.15, -0.1) is 0 Å². The van der Waals surface area contributed by atoms with Gasteiger partial charge >= 0.3 is 0 Å². The predicted molar refractivity (Wildman–Crippen MR) is 70.4 cm³/mol. The van der Waals surface area contributed by atoms with Crippen LogP contribution in [0, 0.1) is 11.8 Å². The van der Waals surface area contributed by atoms with E-state index in [0.29, 0.717) is 11.8 Å². The lowest BCUT2D eigenvalue weighted by molar-refractivity contribution is 0.372. The normalized spacial score (nSPS) is 13.0. The molecule has 0 aromatic heterocycles. The standard InChI is InChI=1S/C14H24N2/c1-12(2)14(10-15)11-16-9-8-13-6-4-3-5-7-13/h3-7,12,14,16H,8-11,15H2,1-2H3. The molecule has 0 spiro atoms. The zero-order valence-corrected chi connectivity index (χ0v) is 10.4. The van der Waals surface area contributed by atoms with Crippen LogP contribution in [-0.2, 0) is 6.42 Å². The Balaban J connectivity index is 2.16. The minimum atomic E-state index is 0.593. The Morgan fingerprint density at radius 1 is 1.19 bits per heavy atom. The highest BCUT2D eigenvalue weighted by Gasteiger charge is 2.09. The molecule has 0 bridgehead atoms. The molecular formula is C14H24N2. The van der Waals surface area contributed by atoms with Crippen molar-refractivity contribution in [3.05, 3.63) is 35.9 Å². The van der Waals surface area contributed by atoms with Crippen LogP contribution in [0.3, 0.4) is 0 Å². The van der Waals surface area contributed by atoms with Crippen LogP contribution in [0.15, 0.2) is 30.3 Å². The van der Waals surface area contributed by atoms with Crippen molar-refractivity contribution in [1.82, 2.24) is 5.32 Å². The third kappa shape index (κ3) is 4.77. The zero-order chi connectivity index (χ0) is 11.8. The number of nitrogens with two attached hydrogens (primary N) is 1. The molecule has 0 amide bonds. The van der Waals surface area contributed by atoms with Gasteiger partial charge in [-0.3, -0.25) is 0 Å². The van der Waals surface area contributed by atoms with E-state index >= 15 is 0 Å². The van der Waals surface area contributed by atoms with Crippen LogP contribution in [0.1, 0.15) is 19.4 Å². The van der Waals surface area contributed by atoms with Gasteiger partial charge in [-0.2, -0.15) is 0 Å². The molecule has 0 fully saturated rings. The maximum atomic E-state index is 5.73. The average molecular weight is 220 g/mol. The molecule has 0 heterocycles. The fraction of sp³-hybridized carbons (Fsp3) is 0.571. The molecule has 0 radical (unpaired) electrons. The Bertz CT molecular complexity index is 269. The van der Waals surface area contributed by atoms with Gasteiger partial charge in [0.25, 0.3) is 0 Å². The first-order valence-electron chi connectivity index (χ1n) is 6.18. The van der Waals surface area contributed by atoms with E-state index in [-0.39, 0.29) is 0 Å². The summed E-state index contributed by atoms with van der Waals surface area (Å²) in [6, 6.07) is 10.6. The van der Waals surface area contributed by atoms with Gasteiger partial charge in [0.15, 0.2) is 0 Å². The molecule has 1 atom stereocenters. The first-order chi connectivity index (χ1) is 7.74. The third-order valence-corrected chi connectivity index (χ3v) is 3.09. The lowest BCUT2D eigenvalue weighted by Gasteiger charge is -2.19. The van der Waals surface area contributed by atoms with E-state index in [0.717, 1.165) is 26.1 Å². The largest absolute Gasteiger partial charge is 0.330 e. The minimum Gasteiger partial charge on any atom is -0.330 e. The zero-order valence-electron chi connectivity index (χ0n) is 10.4. The molecule has 0 saturated carbocycles. The smallest absolute Gasteiger partial charge is 0.000588 e. The topological polar surface area (TPSA) is 38.0 Å². The lowest BCUT2D eigenvalue weighted by atomic mass is 9.96. The van der Waals surface area contributed by atoms with Gasteiger partial charge in [0, 0.05) is 0 Å². The molecule has 0 aliphatic carbocycles. The van der Waals surface area contributed by atoms with E-state index in [4.69, 9.17) is 5.73 Å². The fourth-order valence-corrected chi connectivity index (χ4v) is 1.76. The first kappa shape index (κ1) is 13.2. The summed E-state index contributed by atoms with van der Waals surface area (Å²) in [5.74, 6) is 1.25. The van der Waals surface area contributed by atoms with Crippen molar-refractivity contribution in [2.75, 3.05) is 19.6 Å². The van der Waals surface area contributed by atoms with Crippen LogP contribution >= 0.6 is 0 Å². The molecule has 90 valence electrons. The lowest BCUT2D eigenvalue weighted by Crippen LogP contribution is -2.32. The number of rotatable bonds is 7. The Kier molecular flexibility index (Phi) is 6.12. The SMILES string of the molecule is CC(C)C(CN)CNCCc1ccccc1. The minimum absolute atomic E-state index is 0.593. The monoisotopic (exact) mass is 220 g/mol. The van der Waals surface area contributed by atoms with Crippen LogP contribution in [0.25, 0.3) is 0 Å². The number of nitrogens with one attached hydrogen (secondary N) is 1. The molecule has 2 nitrogen and oxygen atoms in total. The number of benzene rings is 1. The van der Waals surface area contributed by atoms with Gasteiger partial charge in [0.2, 0.25) is 0 Å². The Morgan fingerprint density at radius 3 is 2.44 bits per heavy atom. The van der Waals surface area contributed by atoms with Crippen molar-refractivity contribution >= 4 is 0 Å². The Labute approximate surface area is 99.2 Å². The summed E-state index contributed by atoms with van der Waals surface area (Å²) in [7, 11) is 0. The van der Waals surface area contributed by atoms with Gasteiger partial charge in [0.05, 0.1) is 0 Å². The fourth-order valence-electron chi connectivity index (χ4n) is 1.76. The molecule has 16 heavy (non-hydrogen) atoms. The highest BCUT2D eigenvalue weighted by atomic mass is 14.9. The van der Waals surface area contributed by atoms with E-state index in [1.54, 1.807) is 0 Å². The van der Waals surface area contributed by atoms with E-state index < -0.39 is 0 Å². The highest BCUT2D eigenvalue weighted by molar-refractivity contribution is 5.14. The summed E-state index contributed by atoms with van der Waals surface area (Å²) in [5.41, 5.74) is 7.12. The number of hydrogen-bond donors (Lipinski definition) is 2. The molecule has 0 saturated heterocycles. The molecule has 1 unspecified atom stereocenters. The van der Waals surface area contributed by atoms with E-state index in [2.05, 4.69) is 49.5 Å². The summed E-state index contributed by atoms with van der Waals surface area (Å²) < 4.78 is 0. The van der Waals surface area contributed by atoms with Crippen molar-refractivity contribution in [2.24, 2.45) is 17.6 Å². The van der Waals surface area contributed by atoms with Crippen LogP contribution in [0.4, 0.5) is 0 Å². The van der Waals surface area contributed by atoms with Crippen LogP contribution in [-0.4, -0.2) is 19.6 Å². The third-order valence-electron chi connectivity index (χ3n) is 3.09. The van der Waals surface area contributed by atoms with Gasteiger partial charge < -0.3 is 11.1 Å². The van der Waals surface area contributed by atoms with Crippen molar-refractivity contribution in [2.45, 2.75) is 20.3 Å². The van der Waals surface area contributed by atoms with Crippen molar-refractivity contribution in [1.29, 1.82) is 0 Å². The predicted octanol–water partition coefficient (Wildman–Crippen LogP) is 2.05. The van der Waals surface area contributed by atoms with Gasteiger partial charge in [-0.1, -0.05) is 44.2 Å². The molecule has 0 aliphatic rings. The molecular weight excluding hydrogens is 196 g/mol. The summed E-state index contributed by atoms with van der Waals surface area (Å²) in [4.78, 5) is 0. The summed E-state index contributed by atoms with van der Waals surface area (Å²) in [5, 5.41) is 3.49. The van der Waals surface area contributed by atoms with Crippen LogP contribution in [0.2, 0.25) is 0 Å². The van der Waals surface area contributed by atoms with Crippen LogP contribution < -0.4 is 11.1 Å². The van der Waals surface area contributed by atoms with Gasteiger partial charge in [-0.25, -0.2) is 0 Å². The molecule has 1 aromatic carbocycles. The molecule has 1 rings (SSSR count). The molecule has 2 heteroatoms. The average Bonchev–Trinajstić information content (AvgIpc) is 2.30. The maximum absolute atomic E-state index is 5.73. The molecule has 3 N–H and O–H groups in total. The van der Waals surface area contributed by atoms with Crippen molar-refractivity contribution in [3.8, 4) is 0 Å². The second kappa shape index (κ2) is 7.42. The highest BCUT2D eigenvalue weighted by Crippen LogP contribution is 2.07. The Morgan fingerprint density at radius 2 is 1.88 bits per heavy atom.